The summed E-state index contributed by atoms with van der Waals surface area (Å²) in [7, 11) is 0. The van der Waals surface area contributed by atoms with Crippen molar-refractivity contribution in [1.82, 2.24) is 0 Å². The van der Waals surface area contributed by atoms with Crippen molar-refractivity contribution in [2.45, 2.75) is 6.42 Å². The van der Waals surface area contributed by atoms with E-state index >= 15 is 0 Å². The van der Waals surface area contributed by atoms with Crippen LogP contribution in [-0.2, 0) is 6.42 Å². The Morgan fingerprint density at radius 3 is 2.82 bits per heavy atom. The molecule has 0 unspecified atom stereocenters. The van der Waals surface area contributed by atoms with Gasteiger partial charge in [0.25, 0.3) is 5.69 Å². The number of allylic oxidation sites excluding steroid dienone is 3. The molecule has 1 aromatic carbocycles. The first kappa shape index (κ1) is 11.9. The van der Waals surface area contributed by atoms with Gasteiger partial charge in [-0.15, -0.1) is 0 Å². The Hall–Kier alpha value is -1.54. The van der Waals surface area contributed by atoms with Gasteiger partial charge in [0.1, 0.15) is 4.49 Å². The van der Waals surface area contributed by atoms with Crippen molar-refractivity contribution < 1.29 is 4.92 Å². The van der Waals surface area contributed by atoms with E-state index in [2.05, 4.69) is 5.73 Å². The van der Waals surface area contributed by atoms with Crippen LogP contribution in [0.15, 0.2) is 40.6 Å². The van der Waals surface area contributed by atoms with Crippen LogP contribution in [0, 0.1) is 10.1 Å². The molecular formula is C12H7Cl2NO2. The van der Waals surface area contributed by atoms with Crippen molar-refractivity contribution >= 4 is 34.5 Å². The molecule has 0 aliphatic heterocycles. The highest BCUT2D eigenvalue weighted by molar-refractivity contribution is 6.55. The molecule has 1 aromatic rings. The number of rotatable bonds is 1. The monoisotopic (exact) mass is 267 g/mol. The van der Waals surface area contributed by atoms with Crippen LogP contribution in [0.1, 0.15) is 11.1 Å². The molecule has 3 nitrogen and oxygen atoms in total. The summed E-state index contributed by atoms with van der Waals surface area (Å²) >= 11 is 11.1. The minimum Gasteiger partial charge on any atom is -0.258 e. The zero-order valence-corrected chi connectivity index (χ0v) is 10.1. The van der Waals surface area contributed by atoms with Gasteiger partial charge >= 0.3 is 0 Å². The van der Waals surface area contributed by atoms with Gasteiger partial charge in [0.2, 0.25) is 0 Å². The lowest BCUT2D eigenvalue weighted by Gasteiger charge is -2.12. The number of halogens is 2. The van der Waals surface area contributed by atoms with E-state index in [1.807, 2.05) is 6.08 Å². The van der Waals surface area contributed by atoms with E-state index in [1.165, 1.54) is 6.07 Å². The normalized spacial score (nSPS) is 12.9. The molecular weight excluding hydrogens is 261 g/mol. The first-order chi connectivity index (χ1) is 8.09. The second kappa shape index (κ2) is 4.76. The molecule has 0 atom stereocenters. The van der Waals surface area contributed by atoms with Crippen LogP contribution >= 0.6 is 23.2 Å². The smallest absolute Gasteiger partial charge is 0.258 e. The van der Waals surface area contributed by atoms with Crippen LogP contribution in [0.5, 0.6) is 0 Å². The van der Waals surface area contributed by atoms with E-state index in [-0.39, 0.29) is 15.1 Å². The van der Waals surface area contributed by atoms with E-state index in [4.69, 9.17) is 23.2 Å². The lowest BCUT2D eigenvalue weighted by atomic mass is 9.92. The molecule has 0 radical (unpaired) electrons. The predicted molar refractivity (Wildman–Crippen MR) is 68.1 cm³/mol. The van der Waals surface area contributed by atoms with Gasteiger partial charge in [-0.3, -0.25) is 10.1 Å². The van der Waals surface area contributed by atoms with Gasteiger partial charge in [-0.1, -0.05) is 53.2 Å². The van der Waals surface area contributed by atoms with Crippen LogP contribution in [-0.4, -0.2) is 4.92 Å². The summed E-state index contributed by atoms with van der Waals surface area (Å²) in [5, 5.41) is 10.9. The fourth-order valence-electron chi connectivity index (χ4n) is 1.81. The van der Waals surface area contributed by atoms with E-state index in [0.717, 1.165) is 5.56 Å². The van der Waals surface area contributed by atoms with Crippen molar-refractivity contribution in [2.24, 2.45) is 0 Å². The number of benzene rings is 1. The Balaban J connectivity index is 2.70. The molecule has 17 heavy (non-hydrogen) atoms. The quantitative estimate of drug-likeness (QED) is 0.438. The average Bonchev–Trinajstić information content (AvgIpc) is 2.28. The lowest BCUT2D eigenvalue weighted by Crippen LogP contribution is -2.01. The van der Waals surface area contributed by atoms with Gasteiger partial charge < -0.3 is 0 Å². The number of fused-ring (bicyclic) bond motifs is 1. The van der Waals surface area contributed by atoms with E-state index in [9.17, 15) is 10.1 Å². The van der Waals surface area contributed by atoms with Gasteiger partial charge in [0.15, 0.2) is 0 Å². The molecule has 0 fully saturated rings. The maximum atomic E-state index is 10.9. The van der Waals surface area contributed by atoms with Crippen molar-refractivity contribution in [1.29, 1.82) is 0 Å². The number of nitro benzene ring substituents is 1. The second-order valence-corrected chi connectivity index (χ2v) is 4.42. The summed E-state index contributed by atoms with van der Waals surface area (Å²) in [6.45, 7) is 0. The minimum absolute atomic E-state index is 0.00371. The molecule has 0 bridgehead atoms. The van der Waals surface area contributed by atoms with Crippen LogP contribution in [0.3, 0.4) is 0 Å². The number of nitrogens with zero attached hydrogens (tertiary/aromatic N) is 1. The molecule has 1 aliphatic rings. The third-order valence-corrected chi connectivity index (χ3v) is 2.66. The Bertz CT molecular complexity index is 580. The Kier molecular flexibility index (Phi) is 3.34. The number of hydrogen-bond donors (Lipinski definition) is 0. The molecule has 0 saturated carbocycles. The standard InChI is InChI=1S/C12H7Cl2NO2/c13-12(14)7-8-3-1-5-10-9(8)4-2-6-11(10)15(16)17/h1-4,6H,5H2. The molecule has 0 heterocycles. The number of nitro groups is 1. The van der Waals surface area contributed by atoms with Crippen LogP contribution in [0.25, 0.3) is 5.57 Å². The first-order valence-electron chi connectivity index (χ1n) is 4.84. The van der Waals surface area contributed by atoms with Crippen LogP contribution in [0.4, 0.5) is 5.69 Å². The molecule has 0 aromatic heterocycles. The van der Waals surface area contributed by atoms with Crippen LogP contribution in [0.2, 0.25) is 0 Å². The van der Waals surface area contributed by atoms with Crippen molar-refractivity contribution in [3.63, 3.8) is 0 Å². The lowest BCUT2D eigenvalue weighted by molar-refractivity contribution is -0.385. The van der Waals surface area contributed by atoms with Gasteiger partial charge in [0.05, 0.1) is 4.92 Å². The highest BCUT2D eigenvalue weighted by Gasteiger charge is 2.19. The van der Waals surface area contributed by atoms with E-state index < -0.39 is 0 Å². The van der Waals surface area contributed by atoms with Crippen molar-refractivity contribution in [3.05, 3.63) is 61.8 Å². The van der Waals surface area contributed by atoms with Crippen molar-refractivity contribution in [2.75, 3.05) is 0 Å². The summed E-state index contributed by atoms with van der Waals surface area (Å²) in [4.78, 5) is 10.5. The van der Waals surface area contributed by atoms with Crippen molar-refractivity contribution in [3.8, 4) is 0 Å². The molecule has 86 valence electrons. The topological polar surface area (TPSA) is 43.1 Å². The highest BCUT2D eigenvalue weighted by atomic mass is 35.5. The highest BCUT2D eigenvalue weighted by Crippen LogP contribution is 2.32. The summed E-state index contributed by atoms with van der Waals surface area (Å²) in [5.74, 6) is 0. The van der Waals surface area contributed by atoms with Crippen LogP contribution < -0.4 is 0 Å². The molecule has 0 amide bonds. The van der Waals surface area contributed by atoms with Gasteiger partial charge in [-0.2, -0.15) is 0 Å². The molecule has 2 rings (SSSR count). The summed E-state index contributed by atoms with van der Waals surface area (Å²) in [6.07, 6.45) is 4.16. The number of hydrogen-bond acceptors (Lipinski definition) is 2. The molecule has 5 heteroatoms. The zero-order chi connectivity index (χ0) is 12.4. The first-order valence-corrected chi connectivity index (χ1v) is 5.60. The molecule has 1 aliphatic carbocycles. The van der Waals surface area contributed by atoms with E-state index in [0.29, 0.717) is 17.6 Å². The van der Waals surface area contributed by atoms with E-state index in [1.54, 1.807) is 18.2 Å². The minimum atomic E-state index is -0.387. The second-order valence-electron chi connectivity index (χ2n) is 3.47. The SMILES string of the molecule is O=[N+]([O-])c1cccc2c1CC=CC2=C=C(Cl)Cl. The van der Waals surface area contributed by atoms with Gasteiger partial charge in [-0.05, 0) is 12.0 Å². The maximum absolute atomic E-state index is 10.9. The molecule has 0 spiro atoms. The predicted octanol–water partition coefficient (Wildman–Crippen LogP) is 4.01. The third-order valence-electron chi connectivity index (χ3n) is 2.47. The maximum Gasteiger partial charge on any atom is 0.273 e. The summed E-state index contributed by atoms with van der Waals surface area (Å²) < 4.78 is 0.00371. The fraction of sp³-hybridized carbons (Fsp3) is 0.0833. The van der Waals surface area contributed by atoms with Gasteiger partial charge in [-0.25, -0.2) is 0 Å². The molecule has 0 N–H and O–H groups in total. The molecule has 0 saturated heterocycles. The summed E-state index contributed by atoms with van der Waals surface area (Å²) in [6, 6.07) is 4.92. The Labute approximate surface area is 108 Å². The zero-order valence-electron chi connectivity index (χ0n) is 8.61. The summed E-state index contributed by atoms with van der Waals surface area (Å²) in [5.41, 5.74) is 4.94. The Morgan fingerprint density at radius 1 is 1.41 bits per heavy atom. The Morgan fingerprint density at radius 2 is 2.18 bits per heavy atom. The average molecular weight is 268 g/mol. The fourth-order valence-corrected chi connectivity index (χ4v) is 2.01. The van der Waals surface area contributed by atoms with Gasteiger partial charge in [0, 0.05) is 17.2 Å². The third kappa shape index (κ3) is 2.42. The largest absolute Gasteiger partial charge is 0.273 e.